The zero-order valence-corrected chi connectivity index (χ0v) is 18.7. The lowest BCUT2D eigenvalue weighted by atomic mass is 9.95. The monoisotopic (exact) mass is 421 g/mol. The highest BCUT2D eigenvalue weighted by molar-refractivity contribution is 5.85. The molecule has 1 unspecified atom stereocenters. The van der Waals surface area contributed by atoms with Crippen LogP contribution >= 0.6 is 0 Å². The molecular weight excluding hydrogens is 390 g/mol. The Bertz CT molecular complexity index is 924. The first-order chi connectivity index (χ1) is 14.7. The molecular formula is C25H31N3O3. The molecule has 164 valence electrons. The van der Waals surface area contributed by atoms with Crippen molar-refractivity contribution >= 4 is 17.7 Å². The molecule has 0 aliphatic heterocycles. The Morgan fingerprint density at radius 1 is 1.10 bits per heavy atom. The molecule has 0 radical (unpaired) electrons. The number of benzene rings is 2. The largest absolute Gasteiger partial charge is 0.444 e. The van der Waals surface area contributed by atoms with Gasteiger partial charge in [-0.15, -0.1) is 0 Å². The van der Waals surface area contributed by atoms with Crippen molar-refractivity contribution in [1.29, 1.82) is 5.26 Å². The summed E-state index contributed by atoms with van der Waals surface area (Å²) in [7, 11) is 0. The van der Waals surface area contributed by atoms with Crippen LogP contribution in [0.25, 0.3) is 11.1 Å². The van der Waals surface area contributed by atoms with Gasteiger partial charge in [-0.25, -0.2) is 4.79 Å². The second-order valence-corrected chi connectivity index (χ2v) is 8.69. The fourth-order valence-corrected chi connectivity index (χ4v) is 3.12. The van der Waals surface area contributed by atoms with E-state index in [4.69, 9.17) is 10.00 Å². The molecule has 0 saturated carbocycles. The average Bonchev–Trinajstić information content (AvgIpc) is 2.70. The van der Waals surface area contributed by atoms with Crippen LogP contribution in [0.4, 0.5) is 10.5 Å². The lowest BCUT2D eigenvalue weighted by Crippen LogP contribution is -2.27. The highest BCUT2D eigenvalue weighted by Crippen LogP contribution is 2.24. The summed E-state index contributed by atoms with van der Waals surface area (Å²) in [4.78, 5) is 23.6. The van der Waals surface area contributed by atoms with Crippen molar-refractivity contribution in [1.82, 2.24) is 5.32 Å². The maximum Gasteiger partial charge on any atom is 0.412 e. The summed E-state index contributed by atoms with van der Waals surface area (Å²) in [6.07, 6.45) is 1.71. The molecule has 0 heterocycles. The number of nitrogens with one attached hydrogen (secondary N) is 2. The number of nitrogens with zero attached hydrogens (tertiary/aromatic N) is 1. The SMILES string of the molecule is CC(CCc1cccc(-c2ccc(NC(=O)OC(C)(C)C)cc2)c1)CC(=O)NCC#N. The van der Waals surface area contributed by atoms with E-state index in [1.165, 1.54) is 5.56 Å². The second kappa shape index (κ2) is 11.2. The topological polar surface area (TPSA) is 91.2 Å². The van der Waals surface area contributed by atoms with E-state index < -0.39 is 11.7 Å². The van der Waals surface area contributed by atoms with Crippen molar-refractivity contribution in [3.05, 3.63) is 54.1 Å². The van der Waals surface area contributed by atoms with Crippen molar-refractivity contribution in [2.75, 3.05) is 11.9 Å². The van der Waals surface area contributed by atoms with E-state index >= 15 is 0 Å². The Labute approximate surface area is 184 Å². The third-order valence-electron chi connectivity index (χ3n) is 4.61. The van der Waals surface area contributed by atoms with E-state index in [9.17, 15) is 9.59 Å². The number of nitriles is 1. The Hall–Kier alpha value is -3.33. The zero-order valence-electron chi connectivity index (χ0n) is 18.7. The van der Waals surface area contributed by atoms with Gasteiger partial charge in [0, 0.05) is 12.1 Å². The molecule has 0 aliphatic carbocycles. The summed E-state index contributed by atoms with van der Waals surface area (Å²) in [6.45, 7) is 7.58. The van der Waals surface area contributed by atoms with Crippen LogP contribution in [0.15, 0.2) is 48.5 Å². The molecule has 0 aliphatic rings. The number of hydrogen-bond acceptors (Lipinski definition) is 4. The molecule has 6 nitrogen and oxygen atoms in total. The van der Waals surface area contributed by atoms with Crippen molar-refractivity contribution < 1.29 is 14.3 Å². The first-order valence-electron chi connectivity index (χ1n) is 10.5. The maximum absolute atomic E-state index is 11.9. The third-order valence-corrected chi connectivity index (χ3v) is 4.61. The van der Waals surface area contributed by atoms with Gasteiger partial charge in [-0.1, -0.05) is 43.3 Å². The lowest BCUT2D eigenvalue weighted by Gasteiger charge is -2.19. The summed E-state index contributed by atoms with van der Waals surface area (Å²) < 4.78 is 5.27. The molecule has 2 aromatic carbocycles. The molecule has 6 heteroatoms. The highest BCUT2D eigenvalue weighted by atomic mass is 16.6. The third kappa shape index (κ3) is 8.91. The highest BCUT2D eigenvalue weighted by Gasteiger charge is 2.16. The van der Waals surface area contributed by atoms with Crippen LogP contribution in [-0.2, 0) is 16.0 Å². The molecule has 0 aromatic heterocycles. The van der Waals surface area contributed by atoms with Gasteiger partial charge in [-0.3, -0.25) is 10.1 Å². The molecule has 31 heavy (non-hydrogen) atoms. The standard InChI is InChI=1S/C25H31N3O3/c1-18(16-23(29)27-15-14-26)8-9-19-6-5-7-21(17-19)20-10-12-22(13-11-20)28-24(30)31-25(2,3)4/h5-7,10-13,17-18H,8-9,15-16H2,1-4H3,(H,27,29)(H,28,30). The fourth-order valence-electron chi connectivity index (χ4n) is 3.12. The number of anilines is 1. The number of carbonyl (C=O) groups is 2. The quantitative estimate of drug-likeness (QED) is 0.566. The van der Waals surface area contributed by atoms with Crippen molar-refractivity contribution in [2.45, 2.75) is 52.6 Å². The van der Waals surface area contributed by atoms with E-state index in [-0.39, 0.29) is 18.4 Å². The molecule has 0 spiro atoms. The molecule has 1 atom stereocenters. The summed E-state index contributed by atoms with van der Waals surface area (Å²) >= 11 is 0. The Morgan fingerprint density at radius 3 is 2.45 bits per heavy atom. The van der Waals surface area contributed by atoms with Crippen LogP contribution in [0.5, 0.6) is 0 Å². The van der Waals surface area contributed by atoms with Crippen molar-refractivity contribution in [3.8, 4) is 17.2 Å². The van der Waals surface area contributed by atoms with E-state index in [1.807, 2.05) is 64.1 Å². The van der Waals surface area contributed by atoms with Crippen LogP contribution < -0.4 is 10.6 Å². The van der Waals surface area contributed by atoms with Gasteiger partial charge >= 0.3 is 6.09 Å². The minimum atomic E-state index is -0.539. The van der Waals surface area contributed by atoms with E-state index in [0.29, 0.717) is 12.1 Å². The van der Waals surface area contributed by atoms with Crippen LogP contribution in [0.2, 0.25) is 0 Å². The Kier molecular flexibility index (Phi) is 8.63. The minimum Gasteiger partial charge on any atom is -0.444 e. The molecule has 2 aromatic rings. The van der Waals surface area contributed by atoms with Gasteiger partial charge in [-0.05, 0) is 68.4 Å². The average molecular weight is 422 g/mol. The molecule has 0 saturated heterocycles. The minimum absolute atomic E-state index is 0.0552. The van der Waals surface area contributed by atoms with Gasteiger partial charge in [0.05, 0.1) is 6.07 Å². The van der Waals surface area contributed by atoms with Crippen LogP contribution in [0, 0.1) is 17.2 Å². The molecule has 0 fully saturated rings. The summed E-state index contributed by atoms with van der Waals surface area (Å²) in [6, 6.07) is 17.9. The van der Waals surface area contributed by atoms with Crippen LogP contribution in [0.3, 0.4) is 0 Å². The number of ether oxygens (including phenoxy) is 1. The van der Waals surface area contributed by atoms with Gasteiger partial charge in [0.25, 0.3) is 0 Å². The first kappa shape index (κ1) is 23.9. The van der Waals surface area contributed by atoms with Gasteiger partial charge in [0.1, 0.15) is 12.1 Å². The van der Waals surface area contributed by atoms with E-state index in [1.54, 1.807) is 0 Å². The number of hydrogen-bond donors (Lipinski definition) is 2. The van der Waals surface area contributed by atoms with Gasteiger partial charge < -0.3 is 10.1 Å². The Morgan fingerprint density at radius 2 is 1.81 bits per heavy atom. The summed E-state index contributed by atoms with van der Waals surface area (Å²) in [5.74, 6) is 0.156. The summed E-state index contributed by atoms with van der Waals surface area (Å²) in [5.41, 5.74) is 3.50. The summed E-state index contributed by atoms with van der Waals surface area (Å²) in [5, 5.41) is 13.8. The van der Waals surface area contributed by atoms with E-state index in [2.05, 4.69) is 28.8 Å². The molecule has 0 bridgehead atoms. The van der Waals surface area contributed by atoms with E-state index in [0.717, 1.165) is 24.0 Å². The molecule has 2 rings (SSSR count). The number of carbonyl (C=O) groups excluding carboxylic acids is 2. The fraction of sp³-hybridized carbons (Fsp3) is 0.400. The Balaban J connectivity index is 1.93. The predicted molar refractivity (Wildman–Crippen MR) is 122 cm³/mol. The molecule has 2 N–H and O–H groups in total. The lowest BCUT2D eigenvalue weighted by molar-refractivity contribution is -0.121. The maximum atomic E-state index is 11.9. The number of rotatable bonds is 8. The van der Waals surface area contributed by atoms with Gasteiger partial charge in [0.2, 0.25) is 5.91 Å². The second-order valence-electron chi connectivity index (χ2n) is 8.69. The smallest absolute Gasteiger partial charge is 0.412 e. The van der Waals surface area contributed by atoms with Crippen molar-refractivity contribution in [3.63, 3.8) is 0 Å². The predicted octanol–water partition coefficient (Wildman–Crippen LogP) is 5.30. The van der Waals surface area contributed by atoms with Gasteiger partial charge in [-0.2, -0.15) is 5.26 Å². The van der Waals surface area contributed by atoms with Crippen LogP contribution in [-0.4, -0.2) is 24.1 Å². The van der Waals surface area contributed by atoms with Gasteiger partial charge in [0.15, 0.2) is 0 Å². The van der Waals surface area contributed by atoms with Crippen LogP contribution in [0.1, 0.15) is 46.1 Å². The zero-order chi connectivity index (χ0) is 22.9. The first-order valence-corrected chi connectivity index (χ1v) is 10.5. The normalized spacial score (nSPS) is 11.8. The number of aryl methyl sites for hydroxylation is 1. The molecule has 2 amide bonds. The number of amides is 2. The van der Waals surface area contributed by atoms with Crippen molar-refractivity contribution in [2.24, 2.45) is 5.92 Å².